The van der Waals surface area contributed by atoms with Crippen LogP contribution >= 0.6 is 27.5 Å². The number of carboxylic acids is 1. The Bertz CT molecular complexity index is 829. The average Bonchev–Trinajstić information content (AvgIpc) is 2.83. The maximum atomic E-state index is 11.0. The molecule has 0 amide bonds. The summed E-state index contributed by atoms with van der Waals surface area (Å²) in [5.41, 5.74) is 2.48. The Hall–Kier alpha value is -1.85. The van der Waals surface area contributed by atoms with Crippen molar-refractivity contribution < 1.29 is 9.90 Å². The molecule has 6 heteroatoms. The molecule has 0 aliphatic rings. The molecule has 0 bridgehead atoms. The number of rotatable bonds is 2. The lowest BCUT2D eigenvalue weighted by Gasteiger charge is -1.98. The summed E-state index contributed by atoms with van der Waals surface area (Å²) in [6.07, 6.45) is 0. The van der Waals surface area contributed by atoms with E-state index in [-0.39, 0.29) is 5.56 Å². The summed E-state index contributed by atoms with van der Waals surface area (Å²) in [5.74, 6) is -0.363. The van der Waals surface area contributed by atoms with Crippen LogP contribution < -0.4 is 0 Å². The van der Waals surface area contributed by atoms with Gasteiger partial charge in [-0.05, 0) is 40.2 Å². The number of hydrogen-bond donors (Lipinski definition) is 2. The molecule has 0 atom stereocenters. The highest BCUT2D eigenvalue weighted by Gasteiger charge is 2.11. The maximum Gasteiger partial charge on any atom is 0.335 e. The van der Waals surface area contributed by atoms with Crippen LogP contribution in [0.3, 0.4) is 0 Å². The van der Waals surface area contributed by atoms with Gasteiger partial charge in [0.15, 0.2) is 0 Å². The van der Waals surface area contributed by atoms with Gasteiger partial charge in [-0.2, -0.15) is 0 Å². The smallest absolute Gasteiger partial charge is 0.335 e. The third-order valence-electron chi connectivity index (χ3n) is 2.89. The molecule has 0 aliphatic heterocycles. The van der Waals surface area contributed by atoms with Crippen LogP contribution in [0.5, 0.6) is 0 Å². The number of nitrogens with one attached hydrogen (secondary N) is 1. The van der Waals surface area contributed by atoms with Crippen LogP contribution in [0.4, 0.5) is 0 Å². The number of benzene rings is 2. The number of imidazole rings is 1. The molecule has 2 aromatic carbocycles. The second-order valence-electron chi connectivity index (χ2n) is 4.26. The lowest BCUT2D eigenvalue weighted by molar-refractivity contribution is 0.0697. The molecule has 3 aromatic rings. The number of hydrogen-bond acceptors (Lipinski definition) is 2. The number of carbonyl (C=O) groups is 1. The highest BCUT2D eigenvalue weighted by molar-refractivity contribution is 9.10. The topological polar surface area (TPSA) is 66.0 Å². The molecule has 3 rings (SSSR count). The first-order valence-electron chi connectivity index (χ1n) is 5.73. The van der Waals surface area contributed by atoms with Crippen molar-refractivity contribution in [2.75, 3.05) is 0 Å². The Morgan fingerprint density at radius 2 is 2.10 bits per heavy atom. The Morgan fingerprint density at radius 3 is 2.85 bits per heavy atom. The van der Waals surface area contributed by atoms with Crippen molar-refractivity contribution >= 4 is 44.5 Å². The van der Waals surface area contributed by atoms with Gasteiger partial charge in [0.05, 0.1) is 11.1 Å². The van der Waals surface area contributed by atoms with E-state index in [9.17, 15) is 4.79 Å². The van der Waals surface area contributed by atoms with Crippen LogP contribution in [-0.2, 0) is 0 Å². The zero-order valence-corrected chi connectivity index (χ0v) is 12.4. The van der Waals surface area contributed by atoms with E-state index in [4.69, 9.17) is 16.7 Å². The number of aromatic amines is 1. The fraction of sp³-hybridized carbons (Fsp3) is 0. The van der Waals surface area contributed by atoms with Gasteiger partial charge in [-0.15, -0.1) is 0 Å². The number of halogens is 2. The van der Waals surface area contributed by atoms with E-state index in [1.54, 1.807) is 36.4 Å². The summed E-state index contributed by atoms with van der Waals surface area (Å²) in [6.45, 7) is 0. The molecule has 0 saturated carbocycles. The lowest BCUT2D eigenvalue weighted by Crippen LogP contribution is -1.95. The van der Waals surface area contributed by atoms with Crippen molar-refractivity contribution in [2.24, 2.45) is 0 Å². The van der Waals surface area contributed by atoms with E-state index in [1.165, 1.54) is 0 Å². The largest absolute Gasteiger partial charge is 0.478 e. The van der Waals surface area contributed by atoms with Gasteiger partial charge in [-0.3, -0.25) is 0 Å². The lowest BCUT2D eigenvalue weighted by atomic mass is 10.1. The highest BCUT2D eigenvalue weighted by atomic mass is 79.9. The first-order chi connectivity index (χ1) is 9.54. The third-order valence-corrected chi connectivity index (χ3v) is 3.71. The number of nitrogens with zero attached hydrogens (tertiary/aromatic N) is 1. The Balaban J connectivity index is 2.17. The van der Waals surface area contributed by atoms with Crippen molar-refractivity contribution in [3.8, 4) is 11.4 Å². The van der Waals surface area contributed by atoms with Crippen LogP contribution in [0.15, 0.2) is 40.9 Å². The molecule has 0 fully saturated rings. The van der Waals surface area contributed by atoms with E-state index in [0.717, 1.165) is 15.5 Å². The summed E-state index contributed by atoms with van der Waals surface area (Å²) < 4.78 is 0.789. The Labute approximate surface area is 127 Å². The molecule has 1 heterocycles. The minimum atomic E-state index is -0.966. The van der Waals surface area contributed by atoms with Gasteiger partial charge in [0.2, 0.25) is 0 Å². The van der Waals surface area contributed by atoms with Gasteiger partial charge >= 0.3 is 5.97 Å². The van der Waals surface area contributed by atoms with Crippen LogP contribution in [0.2, 0.25) is 5.02 Å². The van der Waals surface area contributed by atoms with Crippen molar-refractivity contribution in [3.05, 3.63) is 51.5 Å². The van der Waals surface area contributed by atoms with E-state index in [0.29, 0.717) is 16.4 Å². The van der Waals surface area contributed by atoms with Gasteiger partial charge in [0, 0.05) is 15.1 Å². The molecule has 0 unspecified atom stereocenters. The SMILES string of the molecule is O=C(O)c1cccc(-c2nc3c(Br)cc(Cl)cc3[nH]2)c1. The van der Waals surface area contributed by atoms with Gasteiger partial charge in [0.25, 0.3) is 0 Å². The summed E-state index contributed by atoms with van der Waals surface area (Å²) in [5, 5.41) is 9.62. The zero-order chi connectivity index (χ0) is 14.3. The highest BCUT2D eigenvalue weighted by Crippen LogP contribution is 2.29. The Kier molecular flexibility index (Phi) is 3.23. The molecule has 0 radical (unpaired) electrons. The molecular formula is C14H8BrClN2O2. The zero-order valence-electron chi connectivity index (χ0n) is 10.0. The Morgan fingerprint density at radius 1 is 1.30 bits per heavy atom. The van der Waals surface area contributed by atoms with Gasteiger partial charge < -0.3 is 10.1 Å². The monoisotopic (exact) mass is 350 g/mol. The van der Waals surface area contributed by atoms with Crippen molar-refractivity contribution in [2.45, 2.75) is 0 Å². The van der Waals surface area contributed by atoms with Crippen molar-refractivity contribution in [1.82, 2.24) is 9.97 Å². The minimum Gasteiger partial charge on any atom is -0.478 e. The summed E-state index contributed by atoms with van der Waals surface area (Å²) in [7, 11) is 0. The first kappa shape index (κ1) is 13.1. The second-order valence-corrected chi connectivity index (χ2v) is 5.55. The van der Waals surface area contributed by atoms with Crippen LogP contribution in [0, 0.1) is 0 Å². The van der Waals surface area contributed by atoms with E-state index < -0.39 is 5.97 Å². The van der Waals surface area contributed by atoms with Crippen LogP contribution in [0.1, 0.15) is 10.4 Å². The predicted molar refractivity (Wildman–Crippen MR) is 81.2 cm³/mol. The van der Waals surface area contributed by atoms with Crippen LogP contribution in [-0.4, -0.2) is 21.0 Å². The van der Waals surface area contributed by atoms with E-state index in [2.05, 4.69) is 25.9 Å². The normalized spacial score (nSPS) is 10.9. The van der Waals surface area contributed by atoms with Crippen LogP contribution in [0.25, 0.3) is 22.4 Å². The van der Waals surface area contributed by atoms with Gasteiger partial charge in [-0.1, -0.05) is 23.7 Å². The molecule has 2 N–H and O–H groups in total. The van der Waals surface area contributed by atoms with Crippen molar-refractivity contribution in [3.63, 3.8) is 0 Å². The van der Waals surface area contributed by atoms with Gasteiger partial charge in [0.1, 0.15) is 11.3 Å². The van der Waals surface area contributed by atoms with Crippen molar-refractivity contribution in [1.29, 1.82) is 0 Å². The molecule has 1 aromatic heterocycles. The van der Waals surface area contributed by atoms with Gasteiger partial charge in [-0.25, -0.2) is 9.78 Å². The standard InChI is InChI=1S/C14H8BrClN2O2/c15-10-5-9(16)6-11-12(10)18-13(17-11)7-2-1-3-8(4-7)14(19)20/h1-6H,(H,17,18)(H,19,20). The third kappa shape index (κ3) is 2.30. The predicted octanol–water partition coefficient (Wildman–Crippen LogP) is 4.34. The number of aromatic nitrogens is 2. The molecule has 100 valence electrons. The quantitative estimate of drug-likeness (QED) is 0.721. The molecule has 20 heavy (non-hydrogen) atoms. The number of aromatic carboxylic acids is 1. The molecule has 0 spiro atoms. The second kappa shape index (κ2) is 4.92. The summed E-state index contributed by atoms with van der Waals surface area (Å²) in [6, 6.07) is 10.2. The fourth-order valence-electron chi connectivity index (χ4n) is 1.98. The molecule has 0 saturated heterocycles. The number of H-pyrrole nitrogens is 1. The summed E-state index contributed by atoms with van der Waals surface area (Å²) in [4.78, 5) is 18.6. The summed E-state index contributed by atoms with van der Waals surface area (Å²) >= 11 is 9.40. The molecule has 4 nitrogen and oxygen atoms in total. The van der Waals surface area contributed by atoms with E-state index >= 15 is 0 Å². The molecular weight excluding hydrogens is 344 g/mol. The molecule has 0 aliphatic carbocycles. The van der Waals surface area contributed by atoms with E-state index in [1.807, 2.05) is 0 Å². The average molecular weight is 352 g/mol. The minimum absolute atomic E-state index is 0.222. The number of fused-ring (bicyclic) bond motifs is 1. The maximum absolute atomic E-state index is 11.0. The number of carboxylic acid groups (broad SMARTS) is 1. The first-order valence-corrected chi connectivity index (χ1v) is 6.90. The fourth-order valence-corrected chi connectivity index (χ4v) is 2.88.